The van der Waals surface area contributed by atoms with Crippen molar-refractivity contribution in [1.82, 2.24) is 10.4 Å². The predicted octanol–water partition coefficient (Wildman–Crippen LogP) is 1.97. The molecule has 0 saturated carbocycles. The summed E-state index contributed by atoms with van der Waals surface area (Å²) >= 11 is 1.60. The summed E-state index contributed by atoms with van der Waals surface area (Å²) < 4.78 is 0. The van der Waals surface area contributed by atoms with Crippen molar-refractivity contribution in [1.29, 1.82) is 0 Å². The second-order valence-electron chi connectivity index (χ2n) is 4.01. The Balaban J connectivity index is 1.94. The Kier molecular flexibility index (Phi) is 4.25. The SMILES string of the molecule is CN(C)c1ccc(/C=N\NC(=O)c2ccncc2)s1. The first kappa shape index (κ1) is 13.2. The summed E-state index contributed by atoms with van der Waals surface area (Å²) in [6, 6.07) is 7.25. The van der Waals surface area contributed by atoms with Gasteiger partial charge in [0.05, 0.1) is 11.2 Å². The topological polar surface area (TPSA) is 57.6 Å². The van der Waals surface area contributed by atoms with Crippen molar-refractivity contribution in [3.8, 4) is 0 Å². The van der Waals surface area contributed by atoms with E-state index >= 15 is 0 Å². The summed E-state index contributed by atoms with van der Waals surface area (Å²) in [5.74, 6) is -0.247. The zero-order valence-corrected chi connectivity index (χ0v) is 11.5. The van der Waals surface area contributed by atoms with Crippen LogP contribution in [0.15, 0.2) is 41.8 Å². The molecule has 2 heterocycles. The molecule has 19 heavy (non-hydrogen) atoms. The van der Waals surface area contributed by atoms with Crippen molar-refractivity contribution in [3.05, 3.63) is 47.1 Å². The van der Waals surface area contributed by atoms with Crippen LogP contribution in [0.1, 0.15) is 15.2 Å². The van der Waals surface area contributed by atoms with Crippen LogP contribution in [0.5, 0.6) is 0 Å². The number of nitrogens with zero attached hydrogens (tertiary/aromatic N) is 3. The van der Waals surface area contributed by atoms with Crippen LogP contribution in [0.2, 0.25) is 0 Å². The number of aromatic nitrogens is 1. The van der Waals surface area contributed by atoms with E-state index in [9.17, 15) is 4.79 Å². The first-order chi connectivity index (χ1) is 9.16. The first-order valence-electron chi connectivity index (χ1n) is 5.67. The Bertz CT molecular complexity index is 577. The standard InChI is InChI=1S/C13H14N4OS/c1-17(2)12-4-3-11(19-12)9-15-16-13(18)10-5-7-14-8-6-10/h3-9H,1-2H3,(H,16,18)/b15-9-. The number of hydrogen-bond donors (Lipinski definition) is 1. The van der Waals surface area contributed by atoms with Crippen molar-refractivity contribution in [3.63, 3.8) is 0 Å². The maximum Gasteiger partial charge on any atom is 0.271 e. The summed E-state index contributed by atoms with van der Waals surface area (Å²) in [4.78, 5) is 18.6. The van der Waals surface area contributed by atoms with Gasteiger partial charge in [0.2, 0.25) is 0 Å². The molecular formula is C13H14N4OS. The van der Waals surface area contributed by atoms with Gasteiger partial charge in [0.25, 0.3) is 5.91 Å². The largest absolute Gasteiger partial charge is 0.370 e. The summed E-state index contributed by atoms with van der Waals surface area (Å²) in [6.07, 6.45) is 4.78. The van der Waals surface area contributed by atoms with E-state index in [1.165, 1.54) is 0 Å². The molecule has 0 aliphatic rings. The number of anilines is 1. The Morgan fingerprint density at radius 2 is 2.05 bits per heavy atom. The molecule has 2 rings (SSSR count). The molecule has 0 atom stereocenters. The fourth-order valence-electron chi connectivity index (χ4n) is 1.37. The molecule has 0 aromatic carbocycles. The summed E-state index contributed by atoms with van der Waals surface area (Å²) in [7, 11) is 3.97. The highest BCUT2D eigenvalue weighted by atomic mass is 32.1. The third kappa shape index (κ3) is 3.62. The average Bonchev–Trinajstić information content (AvgIpc) is 2.89. The Hall–Kier alpha value is -2.21. The number of rotatable bonds is 4. The van der Waals surface area contributed by atoms with E-state index in [2.05, 4.69) is 15.5 Å². The van der Waals surface area contributed by atoms with E-state index in [1.807, 2.05) is 31.1 Å². The Labute approximate surface area is 115 Å². The van der Waals surface area contributed by atoms with Gasteiger partial charge in [0.15, 0.2) is 0 Å². The van der Waals surface area contributed by atoms with Crippen LogP contribution in [0.3, 0.4) is 0 Å². The van der Waals surface area contributed by atoms with Crippen LogP contribution in [0, 0.1) is 0 Å². The van der Waals surface area contributed by atoms with E-state index in [0.29, 0.717) is 5.56 Å². The minimum atomic E-state index is -0.247. The second-order valence-corrected chi connectivity index (χ2v) is 5.10. The van der Waals surface area contributed by atoms with Gasteiger partial charge in [-0.1, -0.05) is 0 Å². The van der Waals surface area contributed by atoms with Crippen molar-refractivity contribution in [2.24, 2.45) is 5.10 Å². The average molecular weight is 274 g/mol. The Morgan fingerprint density at radius 3 is 2.68 bits per heavy atom. The van der Waals surface area contributed by atoms with Crippen molar-refractivity contribution < 1.29 is 4.79 Å². The van der Waals surface area contributed by atoms with Crippen molar-refractivity contribution in [2.45, 2.75) is 0 Å². The molecular weight excluding hydrogens is 260 g/mol. The quantitative estimate of drug-likeness (QED) is 0.685. The lowest BCUT2D eigenvalue weighted by atomic mass is 10.3. The molecule has 1 amide bonds. The van der Waals surface area contributed by atoms with Gasteiger partial charge in [-0.15, -0.1) is 11.3 Å². The highest BCUT2D eigenvalue weighted by Gasteiger charge is 2.02. The summed E-state index contributed by atoms with van der Waals surface area (Å²) in [5, 5.41) is 5.08. The number of nitrogens with one attached hydrogen (secondary N) is 1. The lowest BCUT2D eigenvalue weighted by Gasteiger charge is -2.06. The molecule has 5 nitrogen and oxygen atoms in total. The minimum absolute atomic E-state index is 0.247. The zero-order valence-electron chi connectivity index (χ0n) is 10.7. The molecule has 0 unspecified atom stereocenters. The highest BCUT2D eigenvalue weighted by Crippen LogP contribution is 2.22. The van der Waals surface area contributed by atoms with Gasteiger partial charge in [0, 0.05) is 36.9 Å². The lowest BCUT2D eigenvalue weighted by molar-refractivity contribution is 0.0955. The molecule has 6 heteroatoms. The summed E-state index contributed by atoms with van der Waals surface area (Å²) in [6.45, 7) is 0. The molecule has 0 spiro atoms. The normalized spacial score (nSPS) is 10.6. The van der Waals surface area contributed by atoms with E-state index in [4.69, 9.17) is 0 Å². The maximum absolute atomic E-state index is 11.7. The molecule has 98 valence electrons. The maximum atomic E-state index is 11.7. The van der Waals surface area contributed by atoms with Gasteiger partial charge in [-0.2, -0.15) is 5.10 Å². The number of carbonyl (C=O) groups is 1. The zero-order chi connectivity index (χ0) is 13.7. The van der Waals surface area contributed by atoms with Crippen LogP contribution in [-0.4, -0.2) is 31.2 Å². The summed E-state index contributed by atoms with van der Waals surface area (Å²) in [5.41, 5.74) is 3.02. The monoisotopic (exact) mass is 274 g/mol. The molecule has 0 bridgehead atoms. The van der Waals surface area contributed by atoms with Gasteiger partial charge in [-0.05, 0) is 24.3 Å². The molecule has 2 aromatic heterocycles. The number of amides is 1. The van der Waals surface area contributed by atoms with E-state index in [1.54, 1.807) is 42.1 Å². The first-order valence-corrected chi connectivity index (χ1v) is 6.49. The number of hydrazone groups is 1. The second kappa shape index (κ2) is 6.10. The van der Waals surface area contributed by atoms with Gasteiger partial charge < -0.3 is 4.90 Å². The van der Waals surface area contributed by atoms with Gasteiger partial charge in [-0.3, -0.25) is 9.78 Å². The van der Waals surface area contributed by atoms with E-state index in [-0.39, 0.29) is 5.91 Å². The van der Waals surface area contributed by atoms with Gasteiger partial charge >= 0.3 is 0 Å². The van der Waals surface area contributed by atoms with E-state index in [0.717, 1.165) is 9.88 Å². The van der Waals surface area contributed by atoms with E-state index < -0.39 is 0 Å². The Morgan fingerprint density at radius 1 is 1.32 bits per heavy atom. The van der Waals surface area contributed by atoms with Crippen molar-refractivity contribution in [2.75, 3.05) is 19.0 Å². The van der Waals surface area contributed by atoms with Crippen LogP contribution in [-0.2, 0) is 0 Å². The smallest absolute Gasteiger partial charge is 0.271 e. The molecule has 0 radical (unpaired) electrons. The third-order valence-electron chi connectivity index (χ3n) is 2.35. The number of pyridine rings is 1. The number of hydrogen-bond acceptors (Lipinski definition) is 5. The third-order valence-corrected chi connectivity index (χ3v) is 3.54. The molecule has 2 aromatic rings. The minimum Gasteiger partial charge on any atom is -0.370 e. The molecule has 0 saturated heterocycles. The molecule has 0 aliphatic carbocycles. The van der Waals surface area contributed by atoms with Crippen LogP contribution in [0.4, 0.5) is 5.00 Å². The van der Waals surface area contributed by atoms with Crippen molar-refractivity contribution >= 4 is 28.5 Å². The van der Waals surface area contributed by atoms with Crippen LogP contribution in [0.25, 0.3) is 0 Å². The molecule has 1 N–H and O–H groups in total. The van der Waals surface area contributed by atoms with Crippen LogP contribution < -0.4 is 10.3 Å². The van der Waals surface area contributed by atoms with Gasteiger partial charge in [-0.25, -0.2) is 5.43 Å². The fourth-order valence-corrected chi connectivity index (χ4v) is 2.18. The predicted molar refractivity (Wildman–Crippen MR) is 77.9 cm³/mol. The lowest BCUT2D eigenvalue weighted by Crippen LogP contribution is -2.17. The van der Waals surface area contributed by atoms with Gasteiger partial charge in [0.1, 0.15) is 0 Å². The highest BCUT2D eigenvalue weighted by molar-refractivity contribution is 7.17. The fraction of sp³-hybridized carbons (Fsp3) is 0.154. The van der Waals surface area contributed by atoms with Crippen LogP contribution >= 0.6 is 11.3 Å². The molecule has 0 fully saturated rings. The molecule has 0 aliphatic heterocycles. The number of carbonyl (C=O) groups excluding carboxylic acids is 1. The number of thiophene rings is 1.